The number of non-ortho nitro benzene ring substituents is 1. The van der Waals surface area contributed by atoms with Crippen LogP contribution in [-0.4, -0.2) is 4.92 Å². The summed E-state index contributed by atoms with van der Waals surface area (Å²) in [5, 5.41) is 10.6. The highest BCUT2D eigenvalue weighted by Gasteiger charge is 2.29. The Morgan fingerprint density at radius 2 is 1.81 bits per heavy atom. The van der Waals surface area contributed by atoms with Gasteiger partial charge in [0.2, 0.25) is 3.79 Å². The topological polar surface area (TPSA) is 43.1 Å². The minimum atomic E-state index is -1.73. The Balaban J connectivity index is 3.37. The van der Waals surface area contributed by atoms with Gasteiger partial charge < -0.3 is 0 Å². The van der Waals surface area contributed by atoms with Crippen molar-refractivity contribution in [3.05, 3.63) is 39.4 Å². The number of nitrogens with zero attached hydrogens (tertiary/aromatic N) is 1. The summed E-state index contributed by atoms with van der Waals surface area (Å²) in [6.45, 7) is 0. The number of hydrogen-bond donors (Lipinski definition) is 0. The maximum atomic E-state index is 10.6. The van der Waals surface area contributed by atoms with Crippen molar-refractivity contribution < 1.29 is 4.92 Å². The summed E-state index contributed by atoms with van der Waals surface area (Å²) in [6.07, 6.45) is 0. The van der Waals surface area contributed by atoms with Crippen molar-refractivity contribution in [2.75, 3.05) is 0 Å². The number of nitro benzene ring substituents is 1. The monoisotopic (exact) mass is 321 g/mol. The molecule has 0 aliphatic carbocycles. The SMILES string of the molecule is O=[N+]([O-])c1ccc(C(Cl)(Cl)Cl)c(C(Cl)Cl)c1. The van der Waals surface area contributed by atoms with Gasteiger partial charge in [-0.05, 0) is 11.6 Å². The van der Waals surface area contributed by atoms with Crippen LogP contribution in [0.3, 0.4) is 0 Å². The van der Waals surface area contributed by atoms with E-state index in [0.29, 0.717) is 0 Å². The molecule has 0 saturated carbocycles. The number of halogens is 5. The van der Waals surface area contributed by atoms with Gasteiger partial charge >= 0.3 is 0 Å². The lowest BCUT2D eigenvalue weighted by molar-refractivity contribution is -0.384. The largest absolute Gasteiger partial charge is 0.269 e. The maximum Gasteiger partial charge on any atom is 0.269 e. The standard InChI is InChI=1S/C8H4Cl5NO2/c9-7(10)5-3-4(14(15)16)1-2-6(5)8(11,12)13/h1-3,7H. The van der Waals surface area contributed by atoms with E-state index in [1.165, 1.54) is 18.2 Å². The Hall–Kier alpha value is 0.0700. The first-order chi connectivity index (χ1) is 7.23. The highest BCUT2D eigenvalue weighted by atomic mass is 35.6. The van der Waals surface area contributed by atoms with Gasteiger partial charge in [0.05, 0.1) is 4.92 Å². The second kappa shape index (κ2) is 5.15. The van der Waals surface area contributed by atoms with Crippen LogP contribution in [0.1, 0.15) is 16.0 Å². The Labute approximate surface area is 116 Å². The fraction of sp³-hybridized carbons (Fsp3) is 0.250. The predicted octanol–water partition coefficient (Wildman–Crippen LogP) is 4.90. The number of alkyl halides is 5. The van der Waals surface area contributed by atoms with Crippen LogP contribution < -0.4 is 0 Å². The maximum absolute atomic E-state index is 10.6. The van der Waals surface area contributed by atoms with Crippen LogP contribution in [0.25, 0.3) is 0 Å². The molecular formula is C8H4Cl5NO2. The molecule has 1 rings (SSSR count). The molecule has 0 atom stereocenters. The first kappa shape index (κ1) is 14.1. The van der Waals surface area contributed by atoms with Crippen molar-refractivity contribution in [3.63, 3.8) is 0 Å². The summed E-state index contributed by atoms with van der Waals surface area (Å²) in [5.41, 5.74) is 0.259. The van der Waals surface area contributed by atoms with E-state index < -0.39 is 13.6 Å². The molecule has 0 bridgehead atoms. The normalized spacial score (nSPS) is 11.9. The molecule has 0 aliphatic rings. The smallest absolute Gasteiger partial charge is 0.258 e. The second-order valence-electron chi connectivity index (χ2n) is 2.83. The fourth-order valence-electron chi connectivity index (χ4n) is 1.10. The summed E-state index contributed by atoms with van der Waals surface area (Å²) < 4.78 is -1.73. The zero-order valence-corrected chi connectivity index (χ0v) is 11.2. The zero-order chi connectivity index (χ0) is 12.5. The van der Waals surface area contributed by atoms with E-state index in [1.54, 1.807) is 0 Å². The lowest BCUT2D eigenvalue weighted by atomic mass is 10.1. The summed E-state index contributed by atoms with van der Waals surface area (Å²) >= 11 is 28.4. The van der Waals surface area contributed by atoms with E-state index in [2.05, 4.69) is 0 Å². The van der Waals surface area contributed by atoms with Crippen molar-refractivity contribution in [3.8, 4) is 0 Å². The van der Waals surface area contributed by atoms with Gasteiger partial charge in [-0.3, -0.25) is 10.1 Å². The second-order valence-corrected chi connectivity index (χ2v) is 6.20. The molecule has 0 spiro atoms. The highest BCUT2D eigenvalue weighted by molar-refractivity contribution is 6.67. The van der Waals surface area contributed by atoms with Crippen molar-refractivity contribution >= 4 is 63.7 Å². The first-order valence-corrected chi connectivity index (χ1v) is 5.88. The van der Waals surface area contributed by atoms with Crippen LogP contribution in [0.2, 0.25) is 0 Å². The fourth-order valence-corrected chi connectivity index (χ4v) is 1.98. The quantitative estimate of drug-likeness (QED) is 0.441. The highest BCUT2D eigenvalue weighted by Crippen LogP contribution is 2.44. The van der Waals surface area contributed by atoms with E-state index in [1.807, 2.05) is 0 Å². The average molecular weight is 323 g/mol. The van der Waals surface area contributed by atoms with Gasteiger partial charge in [-0.1, -0.05) is 34.8 Å². The number of benzene rings is 1. The molecule has 0 fully saturated rings. The van der Waals surface area contributed by atoms with Crippen LogP contribution in [0.5, 0.6) is 0 Å². The molecule has 0 aromatic heterocycles. The minimum Gasteiger partial charge on any atom is -0.258 e. The van der Waals surface area contributed by atoms with E-state index in [0.717, 1.165) is 0 Å². The lowest BCUT2D eigenvalue weighted by Gasteiger charge is -2.16. The zero-order valence-electron chi connectivity index (χ0n) is 7.46. The molecule has 0 radical (unpaired) electrons. The molecule has 0 amide bonds. The molecular weight excluding hydrogens is 319 g/mol. The van der Waals surface area contributed by atoms with Crippen molar-refractivity contribution in [1.29, 1.82) is 0 Å². The molecule has 0 heterocycles. The van der Waals surface area contributed by atoms with Gasteiger partial charge in [-0.2, -0.15) is 0 Å². The Bertz CT molecular complexity index is 415. The van der Waals surface area contributed by atoms with Gasteiger partial charge in [0, 0.05) is 17.7 Å². The third-order valence-corrected chi connectivity index (χ3v) is 2.87. The van der Waals surface area contributed by atoms with Crippen LogP contribution in [0, 0.1) is 10.1 Å². The van der Waals surface area contributed by atoms with Crippen molar-refractivity contribution in [2.24, 2.45) is 0 Å². The van der Waals surface area contributed by atoms with Crippen LogP contribution in [-0.2, 0) is 3.79 Å². The molecule has 0 unspecified atom stereocenters. The van der Waals surface area contributed by atoms with E-state index in [-0.39, 0.29) is 16.8 Å². The van der Waals surface area contributed by atoms with Crippen LogP contribution in [0.15, 0.2) is 18.2 Å². The summed E-state index contributed by atoms with van der Waals surface area (Å²) in [7, 11) is 0. The molecule has 0 saturated heterocycles. The predicted molar refractivity (Wildman–Crippen MR) is 66.8 cm³/mol. The van der Waals surface area contributed by atoms with Crippen LogP contribution >= 0.6 is 58.0 Å². The van der Waals surface area contributed by atoms with Gasteiger partial charge in [-0.25, -0.2) is 0 Å². The average Bonchev–Trinajstić information content (AvgIpc) is 2.15. The lowest BCUT2D eigenvalue weighted by Crippen LogP contribution is -2.06. The summed E-state index contributed by atoms with van der Waals surface area (Å²) in [6, 6.07) is 3.72. The molecule has 88 valence electrons. The van der Waals surface area contributed by atoms with E-state index in [9.17, 15) is 10.1 Å². The molecule has 8 heteroatoms. The molecule has 1 aromatic carbocycles. The number of hydrogen-bond acceptors (Lipinski definition) is 2. The Morgan fingerprint density at radius 1 is 1.25 bits per heavy atom. The van der Waals surface area contributed by atoms with Gasteiger partial charge in [-0.15, -0.1) is 23.2 Å². The van der Waals surface area contributed by atoms with Crippen molar-refractivity contribution in [1.82, 2.24) is 0 Å². The number of rotatable bonds is 2. The van der Waals surface area contributed by atoms with E-state index >= 15 is 0 Å². The number of nitro groups is 1. The minimum absolute atomic E-state index is 0.167. The molecule has 3 nitrogen and oxygen atoms in total. The first-order valence-electron chi connectivity index (χ1n) is 3.87. The summed E-state index contributed by atoms with van der Waals surface area (Å²) in [4.78, 5) is 8.97. The third kappa shape index (κ3) is 3.28. The molecule has 0 N–H and O–H groups in total. The van der Waals surface area contributed by atoms with Crippen molar-refractivity contribution in [2.45, 2.75) is 8.63 Å². The van der Waals surface area contributed by atoms with E-state index in [4.69, 9.17) is 58.0 Å². The van der Waals surface area contributed by atoms with Crippen LogP contribution in [0.4, 0.5) is 5.69 Å². The molecule has 0 aliphatic heterocycles. The van der Waals surface area contributed by atoms with Gasteiger partial charge in [0.1, 0.15) is 4.84 Å². The summed E-state index contributed by atoms with van der Waals surface area (Å²) in [5.74, 6) is 0. The van der Waals surface area contributed by atoms with Gasteiger partial charge in [0.15, 0.2) is 0 Å². The molecule has 16 heavy (non-hydrogen) atoms. The van der Waals surface area contributed by atoms with Gasteiger partial charge in [0.25, 0.3) is 5.69 Å². The Morgan fingerprint density at radius 3 is 2.19 bits per heavy atom. The molecule has 1 aromatic rings. The Kier molecular flexibility index (Phi) is 4.55. The third-order valence-electron chi connectivity index (χ3n) is 1.79.